The summed E-state index contributed by atoms with van der Waals surface area (Å²) in [4.78, 5) is 12.0. The number of hydrogen-bond donors (Lipinski definition) is 1. The van der Waals surface area contributed by atoms with Gasteiger partial charge in [-0.25, -0.2) is 0 Å². The van der Waals surface area contributed by atoms with E-state index in [9.17, 15) is 4.79 Å². The molecule has 1 amide bonds. The molecule has 0 saturated carbocycles. The van der Waals surface area contributed by atoms with E-state index in [4.69, 9.17) is 5.26 Å². The molecule has 2 aromatic carbocycles. The van der Waals surface area contributed by atoms with Gasteiger partial charge in [0.1, 0.15) is 0 Å². The van der Waals surface area contributed by atoms with E-state index in [0.717, 1.165) is 0 Å². The maximum Gasteiger partial charge on any atom is 0.251 e. The van der Waals surface area contributed by atoms with E-state index in [0.29, 0.717) is 17.7 Å². The van der Waals surface area contributed by atoms with Crippen LogP contribution in [0.2, 0.25) is 0 Å². The van der Waals surface area contributed by atoms with Crippen LogP contribution in [-0.4, -0.2) is 12.5 Å². The van der Waals surface area contributed by atoms with Crippen LogP contribution in [0.3, 0.4) is 0 Å². The van der Waals surface area contributed by atoms with Crippen LogP contribution in [0.4, 0.5) is 0 Å². The first-order valence-corrected chi connectivity index (χ1v) is 6.54. The van der Waals surface area contributed by atoms with Gasteiger partial charge in [0.25, 0.3) is 5.91 Å². The summed E-state index contributed by atoms with van der Waals surface area (Å²) in [5, 5.41) is 11.6. The van der Waals surface area contributed by atoms with Crippen molar-refractivity contribution >= 4 is 5.91 Å². The van der Waals surface area contributed by atoms with E-state index in [1.54, 1.807) is 24.3 Å². The summed E-state index contributed by atoms with van der Waals surface area (Å²) >= 11 is 0. The molecule has 3 heteroatoms. The average Bonchev–Trinajstić information content (AvgIpc) is 2.53. The zero-order valence-electron chi connectivity index (χ0n) is 11.3. The highest BCUT2D eigenvalue weighted by molar-refractivity contribution is 5.94. The molecule has 20 heavy (non-hydrogen) atoms. The Morgan fingerprint density at radius 3 is 2.40 bits per heavy atom. The number of amides is 1. The summed E-state index contributed by atoms with van der Waals surface area (Å²) in [5.41, 5.74) is 2.33. The molecular weight excluding hydrogens is 248 g/mol. The lowest BCUT2D eigenvalue weighted by molar-refractivity contribution is 0.0951. The van der Waals surface area contributed by atoms with Gasteiger partial charge in [0.05, 0.1) is 11.6 Å². The minimum absolute atomic E-state index is 0.114. The molecule has 100 valence electrons. The summed E-state index contributed by atoms with van der Waals surface area (Å²) < 4.78 is 0. The van der Waals surface area contributed by atoms with Crippen molar-refractivity contribution in [3.63, 3.8) is 0 Å². The summed E-state index contributed by atoms with van der Waals surface area (Å²) in [6.45, 7) is 2.66. The van der Waals surface area contributed by atoms with Gasteiger partial charge < -0.3 is 5.32 Å². The minimum atomic E-state index is -0.114. The van der Waals surface area contributed by atoms with Gasteiger partial charge in [-0.3, -0.25) is 4.79 Å². The number of carbonyl (C=O) groups excluding carboxylic acids is 1. The lowest BCUT2D eigenvalue weighted by atomic mass is 10.0. The van der Waals surface area contributed by atoms with Gasteiger partial charge in [0.15, 0.2) is 0 Å². The van der Waals surface area contributed by atoms with E-state index in [2.05, 4.69) is 24.4 Å². The molecule has 0 aromatic heterocycles. The fourth-order valence-corrected chi connectivity index (χ4v) is 1.94. The van der Waals surface area contributed by atoms with Crippen molar-refractivity contribution < 1.29 is 4.79 Å². The third-order valence-corrected chi connectivity index (χ3v) is 3.21. The number of nitriles is 1. The van der Waals surface area contributed by atoms with Crippen molar-refractivity contribution in [2.24, 2.45) is 0 Å². The second-order valence-corrected chi connectivity index (χ2v) is 4.71. The lowest BCUT2D eigenvalue weighted by Gasteiger charge is -2.13. The molecule has 3 nitrogen and oxygen atoms in total. The fraction of sp³-hybridized carbons (Fsp3) is 0.176. The molecule has 0 aliphatic rings. The van der Waals surface area contributed by atoms with Crippen LogP contribution in [-0.2, 0) is 0 Å². The van der Waals surface area contributed by atoms with Crippen LogP contribution in [0.15, 0.2) is 54.6 Å². The van der Waals surface area contributed by atoms with Crippen molar-refractivity contribution in [1.82, 2.24) is 5.32 Å². The van der Waals surface area contributed by atoms with Gasteiger partial charge >= 0.3 is 0 Å². The normalized spacial score (nSPS) is 11.4. The van der Waals surface area contributed by atoms with Crippen LogP contribution in [0.25, 0.3) is 0 Å². The number of carbonyl (C=O) groups is 1. The highest BCUT2D eigenvalue weighted by atomic mass is 16.1. The molecule has 0 spiro atoms. The first-order chi connectivity index (χ1) is 9.70. The number of nitrogens with one attached hydrogen (secondary N) is 1. The second kappa shape index (κ2) is 6.53. The largest absolute Gasteiger partial charge is 0.351 e. The Balaban J connectivity index is 1.93. The maximum absolute atomic E-state index is 12.0. The molecule has 0 bridgehead atoms. The maximum atomic E-state index is 12.0. The molecule has 2 aromatic rings. The van der Waals surface area contributed by atoms with Crippen LogP contribution >= 0.6 is 0 Å². The Hall–Kier alpha value is -2.60. The van der Waals surface area contributed by atoms with E-state index >= 15 is 0 Å². The molecule has 1 atom stereocenters. The number of benzene rings is 2. The van der Waals surface area contributed by atoms with Crippen molar-refractivity contribution in [3.8, 4) is 6.07 Å². The molecule has 0 aliphatic carbocycles. The van der Waals surface area contributed by atoms with Crippen LogP contribution in [0.1, 0.15) is 34.3 Å². The van der Waals surface area contributed by atoms with Crippen LogP contribution < -0.4 is 5.32 Å². The topological polar surface area (TPSA) is 52.9 Å². The monoisotopic (exact) mass is 264 g/mol. The predicted molar refractivity (Wildman–Crippen MR) is 78.3 cm³/mol. The van der Waals surface area contributed by atoms with Crippen molar-refractivity contribution in [1.29, 1.82) is 5.26 Å². The smallest absolute Gasteiger partial charge is 0.251 e. The highest BCUT2D eigenvalue weighted by Crippen LogP contribution is 2.13. The first kappa shape index (κ1) is 13.8. The standard InChI is InChI=1S/C17H16N2O/c1-13(15-5-3-2-4-6-15)12-19-17(20)16-9-7-14(11-18)8-10-16/h2-10,13H,12H2,1H3,(H,19,20)/t13-/m0/s1. The third-order valence-electron chi connectivity index (χ3n) is 3.21. The number of rotatable bonds is 4. The summed E-state index contributed by atoms with van der Waals surface area (Å²) in [6, 6.07) is 18.7. The molecule has 0 aliphatic heterocycles. The Morgan fingerprint density at radius 1 is 1.15 bits per heavy atom. The quantitative estimate of drug-likeness (QED) is 0.922. The highest BCUT2D eigenvalue weighted by Gasteiger charge is 2.09. The van der Waals surface area contributed by atoms with E-state index < -0.39 is 0 Å². The van der Waals surface area contributed by atoms with Gasteiger partial charge in [0.2, 0.25) is 0 Å². The second-order valence-electron chi connectivity index (χ2n) is 4.71. The van der Waals surface area contributed by atoms with Gasteiger partial charge in [-0.05, 0) is 35.7 Å². The van der Waals surface area contributed by atoms with E-state index in [1.165, 1.54) is 5.56 Å². The Labute approximate surface area is 118 Å². The molecule has 0 unspecified atom stereocenters. The fourth-order valence-electron chi connectivity index (χ4n) is 1.94. The van der Waals surface area contributed by atoms with Crippen molar-refractivity contribution in [2.45, 2.75) is 12.8 Å². The first-order valence-electron chi connectivity index (χ1n) is 6.54. The molecule has 0 heterocycles. The van der Waals surface area contributed by atoms with Gasteiger partial charge in [-0.15, -0.1) is 0 Å². The molecule has 0 saturated heterocycles. The number of hydrogen-bond acceptors (Lipinski definition) is 2. The third kappa shape index (κ3) is 3.46. The van der Waals surface area contributed by atoms with Crippen LogP contribution in [0.5, 0.6) is 0 Å². The Bertz CT molecular complexity index is 612. The minimum Gasteiger partial charge on any atom is -0.351 e. The molecule has 1 N–H and O–H groups in total. The van der Waals surface area contributed by atoms with Gasteiger partial charge in [0, 0.05) is 12.1 Å². The average molecular weight is 264 g/mol. The van der Waals surface area contributed by atoms with E-state index in [-0.39, 0.29) is 11.8 Å². The molecular formula is C17H16N2O. The Morgan fingerprint density at radius 2 is 1.80 bits per heavy atom. The Kier molecular flexibility index (Phi) is 4.52. The van der Waals surface area contributed by atoms with Crippen LogP contribution in [0, 0.1) is 11.3 Å². The summed E-state index contributed by atoms with van der Waals surface area (Å²) in [7, 11) is 0. The van der Waals surface area contributed by atoms with Crippen molar-refractivity contribution in [3.05, 3.63) is 71.3 Å². The summed E-state index contributed by atoms with van der Waals surface area (Å²) in [6.07, 6.45) is 0. The zero-order valence-corrected chi connectivity index (χ0v) is 11.3. The van der Waals surface area contributed by atoms with Gasteiger partial charge in [-0.1, -0.05) is 37.3 Å². The predicted octanol–water partition coefficient (Wildman–Crippen LogP) is 3.09. The molecule has 0 radical (unpaired) electrons. The lowest BCUT2D eigenvalue weighted by Crippen LogP contribution is -2.27. The van der Waals surface area contributed by atoms with E-state index in [1.807, 2.05) is 24.3 Å². The SMILES string of the molecule is C[C@@H](CNC(=O)c1ccc(C#N)cc1)c1ccccc1. The van der Waals surface area contributed by atoms with Crippen molar-refractivity contribution in [2.75, 3.05) is 6.54 Å². The molecule has 0 fully saturated rings. The number of nitrogens with zero attached hydrogens (tertiary/aromatic N) is 1. The molecule has 2 rings (SSSR count). The van der Waals surface area contributed by atoms with Gasteiger partial charge in [-0.2, -0.15) is 5.26 Å². The zero-order chi connectivity index (χ0) is 14.4. The summed E-state index contributed by atoms with van der Waals surface area (Å²) in [5.74, 6) is 0.149.